The van der Waals surface area contributed by atoms with Gasteiger partial charge in [0.25, 0.3) is 0 Å². The maximum absolute atomic E-state index is 11.8. The van der Waals surface area contributed by atoms with E-state index in [9.17, 15) is 9.59 Å². The smallest absolute Gasteiger partial charge is 0.396 e. The fraction of sp³-hybridized carbons (Fsp3) is 0.385. The first-order valence-electron chi connectivity index (χ1n) is 5.49. The molecule has 17 heavy (non-hydrogen) atoms. The summed E-state index contributed by atoms with van der Waals surface area (Å²) in [4.78, 5) is 24.5. The van der Waals surface area contributed by atoms with E-state index in [4.69, 9.17) is 0 Å². The Balaban J connectivity index is 2.81. The van der Waals surface area contributed by atoms with Gasteiger partial charge in [0.2, 0.25) is 0 Å². The number of hydrogen-bond donors (Lipinski definition) is 0. The first-order chi connectivity index (χ1) is 8.06. The standard InChI is InChI=1S/C13H17NO3/c1-10(2)14(12(15)13(16)17-3)9-11-7-5-4-6-8-11/h4-8,10H,9H2,1-3H3. The van der Waals surface area contributed by atoms with Crippen molar-refractivity contribution in [2.24, 2.45) is 0 Å². The molecule has 4 heteroatoms. The van der Waals surface area contributed by atoms with Crippen LogP contribution in [0.1, 0.15) is 19.4 Å². The predicted octanol–water partition coefficient (Wildman–Crippen LogP) is 1.60. The Morgan fingerprint density at radius 2 is 1.82 bits per heavy atom. The zero-order chi connectivity index (χ0) is 12.8. The Morgan fingerprint density at radius 1 is 1.24 bits per heavy atom. The largest absolute Gasteiger partial charge is 0.462 e. The molecule has 1 amide bonds. The lowest BCUT2D eigenvalue weighted by atomic mass is 10.2. The number of ether oxygens (including phenoxy) is 1. The van der Waals surface area contributed by atoms with Gasteiger partial charge in [0.15, 0.2) is 0 Å². The number of rotatable bonds is 3. The van der Waals surface area contributed by atoms with E-state index in [1.807, 2.05) is 44.2 Å². The van der Waals surface area contributed by atoms with E-state index in [1.165, 1.54) is 12.0 Å². The van der Waals surface area contributed by atoms with E-state index >= 15 is 0 Å². The zero-order valence-corrected chi connectivity index (χ0v) is 10.3. The quantitative estimate of drug-likeness (QED) is 0.590. The number of nitrogens with zero attached hydrogens (tertiary/aromatic N) is 1. The first kappa shape index (κ1) is 13.2. The summed E-state index contributed by atoms with van der Waals surface area (Å²) >= 11 is 0. The molecular formula is C13H17NO3. The minimum Gasteiger partial charge on any atom is -0.462 e. The van der Waals surface area contributed by atoms with Gasteiger partial charge in [0.1, 0.15) is 0 Å². The van der Waals surface area contributed by atoms with Crippen LogP contribution < -0.4 is 0 Å². The van der Waals surface area contributed by atoms with E-state index in [1.54, 1.807) is 0 Å². The minimum atomic E-state index is -0.824. The third-order valence-corrected chi connectivity index (χ3v) is 2.44. The third kappa shape index (κ3) is 3.59. The van der Waals surface area contributed by atoms with E-state index < -0.39 is 11.9 Å². The summed E-state index contributed by atoms with van der Waals surface area (Å²) in [7, 11) is 1.21. The van der Waals surface area contributed by atoms with Gasteiger partial charge in [0, 0.05) is 12.6 Å². The zero-order valence-electron chi connectivity index (χ0n) is 10.3. The van der Waals surface area contributed by atoms with Crippen LogP contribution in [0, 0.1) is 0 Å². The molecule has 0 saturated heterocycles. The predicted molar refractivity (Wildman–Crippen MR) is 64.1 cm³/mol. The van der Waals surface area contributed by atoms with Gasteiger partial charge in [0.05, 0.1) is 7.11 Å². The molecular weight excluding hydrogens is 218 g/mol. The summed E-state index contributed by atoms with van der Waals surface area (Å²) in [5.41, 5.74) is 0.985. The van der Waals surface area contributed by atoms with Gasteiger partial charge < -0.3 is 9.64 Å². The van der Waals surface area contributed by atoms with E-state index in [2.05, 4.69) is 4.74 Å². The van der Waals surface area contributed by atoms with Gasteiger partial charge in [-0.2, -0.15) is 0 Å². The van der Waals surface area contributed by atoms with Gasteiger partial charge >= 0.3 is 11.9 Å². The van der Waals surface area contributed by atoms with Crippen molar-refractivity contribution in [3.63, 3.8) is 0 Å². The number of benzene rings is 1. The van der Waals surface area contributed by atoms with Crippen molar-refractivity contribution in [2.75, 3.05) is 7.11 Å². The molecule has 0 heterocycles. The van der Waals surface area contributed by atoms with Crippen molar-refractivity contribution < 1.29 is 14.3 Å². The van der Waals surface area contributed by atoms with Crippen LogP contribution in [0.3, 0.4) is 0 Å². The lowest BCUT2D eigenvalue weighted by Crippen LogP contribution is -2.41. The van der Waals surface area contributed by atoms with Gasteiger partial charge in [-0.05, 0) is 19.4 Å². The molecule has 0 atom stereocenters. The van der Waals surface area contributed by atoms with E-state index in [-0.39, 0.29) is 6.04 Å². The molecule has 0 unspecified atom stereocenters. The maximum Gasteiger partial charge on any atom is 0.396 e. The second-order valence-electron chi connectivity index (χ2n) is 4.00. The summed E-state index contributed by atoms with van der Waals surface area (Å²) in [6.45, 7) is 4.14. The highest BCUT2D eigenvalue weighted by Gasteiger charge is 2.24. The summed E-state index contributed by atoms with van der Waals surface area (Å²) in [5, 5.41) is 0. The van der Waals surface area contributed by atoms with E-state index in [0.29, 0.717) is 6.54 Å². The highest BCUT2D eigenvalue weighted by atomic mass is 16.5. The molecule has 0 aliphatic rings. The topological polar surface area (TPSA) is 46.6 Å². The van der Waals surface area contributed by atoms with Crippen LogP contribution in [0.5, 0.6) is 0 Å². The molecule has 0 spiro atoms. The van der Waals surface area contributed by atoms with Crippen molar-refractivity contribution in [1.29, 1.82) is 0 Å². The Morgan fingerprint density at radius 3 is 2.29 bits per heavy atom. The van der Waals surface area contributed by atoms with Crippen molar-refractivity contribution in [3.8, 4) is 0 Å². The Bertz CT molecular complexity index is 387. The first-order valence-corrected chi connectivity index (χ1v) is 5.49. The van der Waals surface area contributed by atoms with E-state index in [0.717, 1.165) is 5.56 Å². The van der Waals surface area contributed by atoms with Crippen molar-refractivity contribution in [3.05, 3.63) is 35.9 Å². The highest BCUT2D eigenvalue weighted by Crippen LogP contribution is 2.09. The molecule has 1 aromatic rings. The second kappa shape index (κ2) is 6.03. The summed E-state index contributed by atoms with van der Waals surface area (Å²) in [5.74, 6) is -1.43. The van der Waals surface area contributed by atoms with Crippen LogP contribution >= 0.6 is 0 Å². The Kier molecular flexibility index (Phi) is 4.69. The third-order valence-electron chi connectivity index (χ3n) is 2.44. The Labute approximate surface area is 101 Å². The summed E-state index contributed by atoms with van der Waals surface area (Å²) < 4.78 is 4.45. The van der Waals surface area contributed by atoms with Crippen LogP contribution in [-0.4, -0.2) is 29.9 Å². The second-order valence-corrected chi connectivity index (χ2v) is 4.00. The lowest BCUT2D eigenvalue weighted by Gasteiger charge is -2.25. The number of carbonyl (C=O) groups is 2. The van der Waals surface area contributed by atoms with Crippen LogP contribution in [0.15, 0.2) is 30.3 Å². The number of amides is 1. The SMILES string of the molecule is COC(=O)C(=O)N(Cc1ccccc1)C(C)C. The molecule has 1 aromatic carbocycles. The molecule has 0 fully saturated rings. The van der Waals surface area contributed by atoms with Crippen LogP contribution in [-0.2, 0) is 20.9 Å². The lowest BCUT2D eigenvalue weighted by molar-refractivity contribution is -0.159. The number of methoxy groups -OCH3 is 1. The van der Waals surface area contributed by atoms with Gasteiger partial charge in [-0.3, -0.25) is 4.79 Å². The molecule has 0 aromatic heterocycles. The fourth-order valence-electron chi connectivity index (χ4n) is 1.47. The number of hydrogen-bond acceptors (Lipinski definition) is 3. The molecule has 0 aliphatic heterocycles. The van der Waals surface area contributed by atoms with Gasteiger partial charge in [-0.25, -0.2) is 4.79 Å². The van der Waals surface area contributed by atoms with Crippen molar-refractivity contribution in [2.45, 2.75) is 26.4 Å². The molecule has 1 rings (SSSR count). The molecule has 0 saturated carbocycles. The number of esters is 1. The monoisotopic (exact) mass is 235 g/mol. The summed E-state index contributed by atoms with van der Waals surface area (Å²) in [6.07, 6.45) is 0. The number of carbonyl (C=O) groups excluding carboxylic acids is 2. The van der Waals surface area contributed by atoms with Crippen molar-refractivity contribution in [1.82, 2.24) is 4.90 Å². The highest BCUT2D eigenvalue weighted by molar-refractivity contribution is 6.32. The minimum absolute atomic E-state index is 0.0539. The normalized spacial score (nSPS) is 10.1. The molecule has 0 N–H and O–H groups in total. The van der Waals surface area contributed by atoms with Crippen LogP contribution in [0.25, 0.3) is 0 Å². The van der Waals surface area contributed by atoms with Gasteiger partial charge in [-0.15, -0.1) is 0 Å². The fourth-order valence-corrected chi connectivity index (χ4v) is 1.47. The average molecular weight is 235 g/mol. The molecule has 92 valence electrons. The Hall–Kier alpha value is -1.84. The average Bonchev–Trinajstić information content (AvgIpc) is 2.35. The van der Waals surface area contributed by atoms with Crippen molar-refractivity contribution >= 4 is 11.9 Å². The van der Waals surface area contributed by atoms with Crippen LogP contribution in [0.4, 0.5) is 0 Å². The van der Waals surface area contributed by atoms with Gasteiger partial charge in [-0.1, -0.05) is 30.3 Å². The molecule has 4 nitrogen and oxygen atoms in total. The maximum atomic E-state index is 11.8. The van der Waals surface area contributed by atoms with Crippen LogP contribution in [0.2, 0.25) is 0 Å². The molecule has 0 bridgehead atoms. The summed E-state index contributed by atoms with van der Waals surface area (Å²) in [6, 6.07) is 9.49. The molecule has 0 aliphatic carbocycles. The molecule has 0 radical (unpaired) electrons.